The molecule has 8 heteroatoms. The third-order valence-corrected chi connectivity index (χ3v) is 4.47. The second-order valence-corrected chi connectivity index (χ2v) is 6.74. The van der Waals surface area contributed by atoms with E-state index in [0.29, 0.717) is 22.4 Å². The molecule has 21 heavy (non-hydrogen) atoms. The average molecular weight is 322 g/mol. The molecule has 2 heterocycles. The molecular weight excluding hydrogens is 301 g/mol. The maximum Gasteiger partial charge on any atom is 0.445 e. The maximum atomic E-state index is 12.6. The van der Waals surface area contributed by atoms with Crippen molar-refractivity contribution in [1.29, 1.82) is 0 Å². The fourth-order valence-electron chi connectivity index (χ4n) is 2.45. The van der Waals surface area contributed by atoms with Crippen LogP contribution in [-0.2, 0) is 6.18 Å². The molecule has 1 aromatic heterocycles. The Morgan fingerprint density at radius 2 is 2.10 bits per heavy atom. The average Bonchev–Trinajstić information content (AvgIpc) is 2.88. The molecule has 0 aromatic carbocycles. The molecule has 0 saturated carbocycles. The maximum absolute atomic E-state index is 12.6. The monoisotopic (exact) mass is 322 g/mol. The molecule has 2 rings (SSSR count). The van der Waals surface area contributed by atoms with Crippen molar-refractivity contribution < 1.29 is 13.2 Å². The van der Waals surface area contributed by atoms with Crippen LogP contribution in [0.15, 0.2) is 0 Å². The lowest BCUT2D eigenvalue weighted by atomic mass is 10.0. The van der Waals surface area contributed by atoms with Crippen LogP contribution in [0.4, 0.5) is 18.3 Å². The fourth-order valence-corrected chi connectivity index (χ4v) is 3.26. The number of hydrogen-bond acceptors (Lipinski definition) is 5. The summed E-state index contributed by atoms with van der Waals surface area (Å²) < 4.78 is 37.9. The van der Waals surface area contributed by atoms with Gasteiger partial charge in [-0.15, -0.1) is 10.2 Å². The van der Waals surface area contributed by atoms with Gasteiger partial charge in [-0.05, 0) is 31.7 Å². The van der Waals surface area contributed by atoms with E-state index >= 15 is 0 Å². The highest BCUT2D eigenvalue weighted by molar-refractivity contribution is 7.15. The SMILES string of the molecule is CC(C)CNCC1CCCCN1c1nnc(C(F)(F)F)s1. The molecule has 0 radical (unpaired) electrons. The Kier molecular flexibility index (Phi) is 5.43. The molecule has 0 aliphatic carbocycles. The zero-order valence-corrected chi connectivity index (χ0v) is 13.1. The van der Waals surface area contributed by atoms with Crippen molar-refractivity contribution in [1.82, 2.24) is 15.5 Å². The van der Waals surface area contributed by atoms with Crippen LogP contribution in [0, 0.1) is 5.92 Å². The minimum Gasteiger partial charge on any atom is -0.342 e. The van der Waals surface area contributed by atoms with E-state index in [1.165, 1.54) is 0 Å². The topological polar surface area (TPSA) is 41.0 Å². The molecule has 1 aliphatic rings. The van der Waals surface area contributed by atoms with E-state index in [-0.39, 0.29) is 6.04 Å². The summed E-state index contributed by atoms with van der Waals surface area (Å²) in [4.78, 5) is 1.98. The number of nitrogens with zero attached hydrogens (tertiary/aromatic N) is 3. The molecule has 0 spiro atoms. The van der Waals surface area contributed by atoms with E-state index in [9.17, 15) is 13.2 Å². The van der Waals surface area contributed by atoms with E-state index in [0.717, 1.165) is 38.9 Å². The molecule has 1 fully saturated rings. The number of anilines is 1. The first-order chi connectivity index (χ1) is 9.88. The van der Waals surface area contributed by atoms with Crippen molar-refractivity contribution in [3.63, 3.8) is 0 Å². The standard InChI is InChI=1S/C13H21F3N4S/c1-9(2)7-17-8-10-5-3-4-6-20(10)12-19-18-11(21-12)13(14,15)16/h9-10,17H,3-8H2,1-2H3. The van der Waals surface area contributed by atoms with E-state index in [1.807, 2.05) is 4.90 Å². The zero-order chi connectivity index (χ0) is 15.5. The fraction of sp³-hybridized carbons (Fsp3) is 0.846. The molecule has 1 N–H and O–H groups in total. The van der Waals surface area contributed by atoms with Gasteiger partial charge in [0.15, 0.2) is 0 Å². The molecule has 120 valence electrons. The number of piperidine rings is 1. The smallest absolute Gasteiger partial charge is 0.342 e. The second-order valence-electron chi connectivity index (χ2n) is 5.78. The first kappa shape index (κ1) is 16.5. The first-order valence-electron chi connectivity index (χ1n) is 7.26. The van der Waals surface area contributed by atoms with Gasteiger partial charge in [-0.3, -0.25) is 0 Å². The van der Waals surface area contributed by atoms with Crippen LogP contribution in [0.2, 0.25) is 0 Å². The van der Waals surface area contributed by atoms with Crippen LogP contribution in [0.1, 0.15) is 38.1 Å². The Morgan fingerprint density at radius 3 is 2.71 bits per heavy atom. The number of hydrogen-bond donors (Lipinski definition) is 1. The third kappa shape index (κ3) is 4.54. The summed E-state index contributed by atoms with van der Waals surface area (Å²) >= 11 is 0.641. The van der Waals surface area contributed by atoms with E-state index in [4.69, 9.17) is 0 Å². The van der Waals surface area contributed by atoms with Gasteiger partial charge in [0, 0.05) is 19.1 Å². The lowest BCUT2D eigenvalue weighted by Crippen LogP contribution is -2.46. The molecule has 1 saturated heterocycles. The molecule has 1 aromatic rings. The minimum absolute atomic E-state index is 0.200. The number of nitrogens with one attached hydrogen (secondary N) is 1. The van der Waals surface area contributed by atoms with Gasteiger partial charge in [-0.2, -0.15) is 13.2 Å². The zero-order valence-electron chi connectivity index (χ0n) is 12.3. The Labute approximate surface area is 126 Å². The Morgan fingerprint density at radius 1 is 1.33 bits per heavy atom. The largest absolute Gasteiger partial charge is 0.445 e. The van der Waals surface area contributed by atoms with Gasteiger partial charge in [-0.25, -0.2) is 0 Å². The van der Waals surface area contributed by atoms with E-state index in [2.05, 4.69) is 29.4 Å². The van der Waals surface area contributed by atoms with Gasteiger partial charge in [0.1, 0.15) is 0 Å². The summed E-state index contributed by atoms with van der Waals surface area (Å²) in [5.74, 6) is 0.556. The Hall–Kier alpha value is -0.890. The molecule has 1 unspecified atom stereocenters. The van der Waals surface area contributed by atoms with Crippen molar-refractivity contribution in [2.45, 2.75) is 45.3 Å². The van der Waals surface area contributed by atoms with Crippen LogP contribution in [0.25, 0.3) is 0 Å². The van der Waals surface area contributed by atoms with Crippen LogP contribution >= 0.6 is 11.3 Å². The first-order valence-corrected chi connectivity index (χ1v) is 8.07. The van der Waals surface area contributed by atoms with Crippen molar-refractivity contribution in [2.75, 3.05) is 24.5 Å². The van der Waals surface area contributed by atoms with Crippen LogP contribution in [0.5, 0.6) is 0 Å². The van der Waals surface area contributed by atoms with Gasteiger partial charge in [-0.1, -0.05) is 25.2 Å². The van der Waals surface area contributed by atoms with Crippen LogP contribution in [0.3, 0.4) is 0 Å². The molecule has 0 amide bonds. The summed E-state index contributed by atoms with van der Waals surface area (Å²) in [6.07, 6.45) is -1.33. The molecule has 1 atom stereocenters. The molecule has 1 aliphatic heterocycles. The number of aromatic nitrogens is 2. The van der Waals surface area contributed by atoms with Gasteiger partial charge in [0.05, 0.1) is 0 Å². The van der Waals surface area contributed by atoms with Crippen molar-refractivity contribution in [2.24, 2.45) is 5.92 Å². The summed E-state index contributed by atoms with van der Waals surface area (Å²) in [5, 5.41) is 9.94. The molecular formula is C13H21F3N4S. The lowest BCUT2D eigenvalue weighted by Gasteiger charge is -2.35. The van der Waals surface area contributed by atoms with Crippen molar-refractivity contribution >= 4 is 16.5 Å². The van der Waals surface area contributed by atoms with Crippen LogP contribution < -0.4 is 10.2 Å². The summed E-state index contributed by atoms with van der Waals surface area (Å²) in [6.45, 7) is 6.70. The summed E-state index contributed by atoms with van der Waals surface area (Å²) in [7, 11) is 0. The Bertz CT molecular complexity index is 447. The predicted molar refractivity (Wildman–Crippen MR) is 77.6 cm³/mol. The highest BCUT2D eigenvalue weighted by Gasteiger charge is 2.37. The van der Waals surface area contributed by atoms with Gasteiger partial charge in [0.2, 0.25) is 10.1 Å². The predicted octanol–water partition coefficient (Wildman–Crippen LogP) is 3.16. The van der Waals surface area contributed by atoms with E-state index < -0.39 is 11.2 Å². The van der Waals surface area contributed by atoms with Gasteiger partial charge in [0.25, 0.3) is 0 Å². The van der Waals surface area contributed by atoms with E-state index in [1.54, 1.807) is 0 Å². The van der Waals surface area contributed by atoms with Gasteiger partial charge >= 0.3 is 6.18 Å². The second kappa shape index (κ2) is 6.91. The molecule has 4 nitrogen and oxygen atoms in total. The normalized spacial score (nSPS) is 20.3. The highest BCUT2D eigenvalue weighted by atomic mass is 32.1. The highest BCUT2D eigenvalue weighted by Crippen LogP contribution is 2.36. The van der Waals surface area contributed by atoms with Gasteiger partial charge < -0.3 is 10.2 Å². The number of alkyl halides is 3. The lowest BCUT2D eigenvalue weighted by molar-refractivity contribution is -0.138. The number of rotatable bonds is 5. The Balaban J connectivity index is 2.02. The third-order valence-electron chi connectivity index (χ3n) is 3.46. The minimum atomic E-state index is -4.41. The van der Waals surface area contributed by atoms with Crippen molar-refractivity contribution in [3.05, 3.63) is 5.01 Å². The number of halogens is 3. The molecule has 0 bridgehead atoms. The summed E-state index contributed by atoms with van der Waals surface area (Å²) in [6, 6.07) is 0.200. The summed E-state index contributed by atoms with van der Waals surface area (Å²) in [5.41, 5.74) is 0. The van der Waals surface area contributed by atoms with Crippen molar-refractivity contribution in [3.8, 4) is 0 Å². The quantitative estimate of drug-likeness (QED) is 0.904. The van der Waals surface area contributed by atoms with Crippen LogP contribution in [-0.4, -0.2) is 35.9 Å².